The van der Waals surface area contributed by atoms with Gasteiger partial charge in [-0.3, -0.25) is 4.79 Å². The fraction of sp³-hybridized carbons (Fsp3) is 0.185. The number of fused-ring (bicyclic) bond motifs is 2. The fourth-order valence-corrected chi connectivity index (χ4v) is 3.99. The van der Waals surface area contributed by atoms with Crippen LogP contribution in [-0.4, -0.2) is 25.0 Å². The minimum absolute atomic E-state index is 0.285. The molecule has 1 atom stereocenters. The molecule has 0 heterocycles. The van der Waals surface area contributed by atoms with E-state index in [0.717, 1.165) is 32.7 Å². The molecular weight excluding hydrogens is 386 g/mol. The minimum atomic E-state index is -0.780. The second kappa shape index (κ2) is 8.60. The number of aryl methyl sites for hydroxylation is 2. The molecule has 1 N–H and O–H groups in total. The molecule has 4 heteroatoms. The third-order valence-electron chi connectivity index (χ3n) is 5.80. The number of carbonyl (C=O) groups excluding carboxylic acids is 2. The standard InChI is InChI=1S/C27H25NO3/c1-17-12-13-19(14-18(17)2)15-24(27(30)31-3)28-26(29)25-22-10-6-4-8-20(22)16-21-9-5-7-11-23(21)25/h4-14,16,24H,15H2,1-3H3,(H,28,29)/t24-/m0/s1. The average Bonchev–Trinajstić information content (AvgIpc) is 2.78. The van der Waals surface area contributed by atoms with E-state index in [1.807, 2.05) is 80.6 Å². The zero-order chi connectivity index (χ0) is 22.0. The molecule has 0 aliphatic rings. The van der Waals surface area contributed by atoms with Crippen LogP contribution < -0.4 is 5.32 Å². The molecule has 0 aromatic heterocycles. The van der Waals surface area contributed by atoms with Gasteiger partial charge in [0.25, 0.3) is 5.91 Å². The van der Waals surface area contributed by atoms with E-state index in [-0.39, 0.29) is 5.91 Å². The van der Waals surface area contributed by atoms with Crippen LogP contribution in [-0.2, 0) is 16.0 Å². The van der Waals surface area contributed by atoms with Gasteiger partial charge in [-0.05, 0) is 58.1 Å². The number of esters is 1. The van der Waals surface area contributed by atoms with Crippen molar-refractivity contribution < 1.29 is 14.3 Å². The van der Waals surface area contributed by atoms with E-state index in [2.05, 4.69) is 11.4 Å². The van der Waals surface area contributed by atoms with E-state index < -0.39 is 12.0 Å². The first-order chi connectivity index (χ1) is 15.0. The lowest BCUT2D eigenvalue weighted by molar-refractivity contribution is -0.142. The molecule has 0 saturated carbocycles. The summed E-state index contributed by atoms with van der Waals surface area (Å²) in [5, 5.41) is 6.61. The van der Waals surface area contributed by atoms with Crippen LogP contribution in [0.4, 0.5) is 0 Å². The van der Waals surface area contributed by atoms with E-state index in [9.17, 15) is 9.59 Å². The first kappa shape index (κ1) is 20.6. The number of amides is 1. The molecule has 1 amide bonds. The zero-order valence-corrected chi connectivity index (χ0v) is 17.9. The molecule has 0 unspecified atom stereocenters. The molecule has 0 fully saturated rings. The maximum absolute atomic E-state index is 13.5. The Bertz CT molecular complexity index is 1240. The molecule has 0 bridgehead atoms. The minimum Gasteiger partial charge on any atom is -0.467 e. The molecule has 0 aliphatic carbocycles. The largest absolute Gasteiger partial charge is 0.467 e. The molecule has 4 nitrogen and oxygen atoms in total. The lowest BCUT2D eigenvalue weighted by Crippen LogP contribution is -2.43. The Morgan fingerprint density at radius 1 is 0.839 bits per heavy atom. The van der Waals surface area contributed by atoms with Crippen LogP contribution in [0.5, 0.6) is 0 Å². The summed E-state index contributed by atoms with van der Waals surface area (Å²) in [4.78, 5) is 26.0. The maximum Gasteiger partial charge on any atom is 0.328 e. The van der Waals surface area contributed by atoms with Crippen molar-refractivity contribution in [1.82, 2.24) is 5.32 Å². The van der Waals surface area contributed by atoms with Gasteiger partial charge in [0.05, 0.1) is 12.7 Å². The third kappa shape index (κ3) is 4.15. The van der Waals surface area contributed by atoms with Crippen LogP contribution in [0.1, 0.15) is 27.0 Å². The first-order valence-electron chi connectivity index (χ1n) is 10.3. The molecule has 0 aliphatic heterocycles. The lowest BCUT2D eigenvalue weighted by Gasteiger charge is -2.19. The molecule has 4 aromatic rings. The highest BCUT2D eigenvalue weighted by Gasteiger charge is 2.24. The Morgan fingerprint density at radius 3 is 2.03 bits per heavy atom. The number of rotatable bonds is 5. The van der Waals surface area contributed by atoms with Crippen molar-refractivity contribution >= 4 is 33.4 Å². The summed E-state index contributed by atoms with van der Waals surface area (Å²) in [6.07, 6.45) is 0.363. The summed E-state index contributed by atoms with van der Waals surface area (Å²) in [5.74, 6) is -0.747. The third-order valence-corrected chi connectivity index (χ3v) is 5.80. The Hall–Kier alpha value is -3.66. The number of hydrogen-bond donors (Lipinski definition) is 1. The Labute approximate surface area is 181 Å². The quantitative estimate of drug-likeness (QED) is 0.366. The van der Waals surface area contributed by atoms with Crippen molar-refractivity contribution in [2.45, 2.75) is 26.3 Å². The zero-order valence-electron chi connectivity index (χ0n) is 17.9. The van der Waals surface area contributed by atoms with Crippen molar-refractivity contribution in [3.05, 3.63) is 95.1 Å². The summed E-state index contributed by atoms with van der Waals surface area (Å²) >= 11 is 0. The van der Waals surface area contributed by atoms with Crippen molar-refractivity contribution in [3.63, 3.8) is 0 Å². The lowest BCUT2D eigenvalue weighted by atomic mass is 9.95. The van der Waals surface area contributed by atoms with Crippen LogP contribution in [0, 0.1) is 13.8 Å². The molecular formula is C27H25NO3. The number of methoxy groups -OCH3 is 1. The predicted molar refractivity (Wildman–Crippen MR) is 124 cm³/mol. The average molecular weight is 412 g/mol. The van der Waals surface area contributed by atoms with Gasteiger partial charge in [-0.15, -0.1) is 0 Å². The highest BCUT2D eigenvalue weighted by Crippen LogP contribution is 2.28. The smallest absolute Gasteiger partial charge is 0.328 e. The summed E-state index contributed by atoms with van der Waals surface area (Å²) in [5.41, 5.74) is 3.88. The van der Waals surface area contributed by atoms with Crippen molar-refractivity contribution in [2.24, 2.45) is 0 Å². The molecule has 156 valence electrons. The van der Waals surface area contributed by atoms with E-state index >= 15 is 0 Å². The molecule has 0 spiro atoms. The van der Waals surface area contributed by atoms with Crippen LogP contribution in [0.15, 0.2) is 72.8 Å². The Morgan fingerprint density at radius 2 is 1.45 bits per heavy atom. The van der Waals surface area contributed by atoms with Gasteiger partial charge in [0.15, 0.2) is 0 Å². The van der Waals surface area contributed by atoms with E-state index in [1.54, 1.807) is 0 Å². The number of hydrogen-bond acceptors (Lipinski definition) is 3. The van der Waals surface area contributed by atoms with Gasteiger partial charge in [-0.25, -0.2) is 4.79 Å². The molecule has 0 saturated heterocycles. The molecule has 0 radical (unpaired) electrons. The van der Waals surface area contributed by atoms with Gasteiger partial charge in [0.2, 0.25) is 0 Å². The monoisotopic (exact) mass is 411 g/mol. The maximum atomic E-state index is 13.5. The van der Waals surface area contributed by atoms with E-state index in [0.29, 0.717) is 12.0 Å². The van der Waals surface area contributed by atoms with Gasteiger partial charge in [-0.2, -0.15) is 0 Å². The van der Waals surface area contributed by atoms with Crippen molar-refractivity contribution in [2.75, 3.05) is 7.11 Å². The normalized spacial score (nSPS) is 12.0. The topological polar surface area (TPSA) is 55.4 Å². The Kier molecular flexibility index (Phi) is 5.72. The summed E-state index contributed by atoms with van der Waals surface area (Å²) in [7, 11) is 1.34. The number of benzene rings is 4. The van der Waals surface area contributed by atoms with Gasteiger partial charge >= 0.3 is 5.97 Å². The summed E-state index contributed by atoms with van der Waals surface area (Å²) < 4.78 is 5.00. The van der Waals surface area contributed by atoms with Crippen LogP contribution in [0.2, 0.25) is 0 Å². The molecule has 31 heavy (non-hydrogen) atoms. The highest BCUT2D eigenvalue weighted by molar-refractivity contribution is 6.18. The van der Waals surface area contributed by atoms with Crippen LogP contribution >= 0.6 is 0 Å². The predicted octanol–water partition coefficient (Wildman–Crippen LogP) is 5.12. The first-order valence-corrected chi connectivity index (χ1v) is 10.3. The van der Waals surface area contributed by atoms with Gasteiger partial charge in [-0.1, -0.05) is 66.7 Å². The fourth-order valence-electron chi connectivity index (χ4n) is 3.99. The number of ether oxygens (including phenoxy) is 1. The van der Waals surface area contributed by atoms with Crippen molar-refractivity contribution in [3.8, 4) is 0 Å². The van der Waals surface area contributed by atoms with Crippen molar-refractivity contribution in [1.29, 1.82) is 0 Å². The van der Waals surface area contributed by atoms with Gasteiger partial charge < -0.3 is 10.1 Å². The van der Waals surface area contributed by atoms with E-state index in [4.69, 9.17) is 4.74 Å². The van der Waals surface area contributed by atoms with Gasteiger partial charge in [0, 0.05) is 6.42 Å². The highest BCUT2D eigenvalue weighted by atomic mass is 16.5. The number of carbonyl (C=O) groups is 2. The summed E-state index contributed by atoms with van der Waals surface area (Å²) in [6, 6.07) is 23.0. The Balaban J connectivity index is 1.74. The summed E-state index contributed by atoms with van der Waals surface area (Å²) in [6.45, 7) is 4.08. The molecule has 4 rings (SSSR count). The second-order valence-corrected chi connectivity index (χ2v) is 7.87. The molecule has 4 aromatic carbocycles. The second-order valence-electron chi connectivity index (χ2n) is 7.87. The van der Waals surface area contributed by atoms with Crippen LogP contribution in [0.25, 0.3) is 21.5 Å². The van der Waals surface area contributed by atoms with E-state index in [1.165, 1.54) is 12.7 Å². The van der Waals surface area contributed by atoms with Gasteiger partial charge in [0.1, 0.15) is 6.04 Å². The number of nitrogens with one attached hydrogen (secondary N) is 1. The van der Waals surface area contributed by atoms with Crippen LogP contribution in [0.3, 0.4) is 0 Å². The SMILES string of the molecule is COC(=O)[C@H](Cc1ccc(C)c(C)c1)NC(=O)c1c2ccccc2cc2ccccc12.